The van der Waals surface area contributed by atoms with Gasteiger partial charge in [0, 0.05) is 18.2 Å². The van der Waals surface area contributed by atoms with Crippen LogP contribution in [-0.4, -0.2) is 12.8 Å². The van der Waals surface area contributed by atoms with Crippen molar-refractivity contribution in [2.45, 2.75) is 48.0 Å². The predicted molar refractivity (Wildman–Crippen MR) is 105 cm³/mol. The SMILES string of the molecule is C=C=C/C=C(\C=C/C(C)=NC)C(C)(C)/C(C=C=C(C)CC)=C/C. The molecule has 0 aromatic carbocycles. The van der Waals surface area contributed by atoms with Gasteiger partial charge in [-0.1, -0.05) is 45.6 Å². The minimum absolute atomic E-state index is 0.145. The molecule has 0 rings (SSSR count). The minimum atomic E-state index is -0.145. The van der Waals surface area contributed by atoms with E-state index in [4.69, 9.17) is 0 Å². The number of aliphatic imine (C=N–C) groups is 1. The molecule has 0 radical (unpaired) electrons. The lowest BCUT2D eigenvalue weighted by atomic mass is 9.76. The molecule has 0 N–H and O–H groups in total. The Morgan fingerprint density at radius 1 is 1.17 bits per heavy atom. The summed E-state index contributed by atoms with van der Waals surface area (Å²) < 4.78 is 0. The molecule has 0 amide bonds. The molecule has 0 aliphatic carbocycles. The summed E-state index contributed by atoms with van der Waals surface area (Å²) in [6.45, 7) is 16.4. The van der Waals surface area contributed by atoms with Gasteiger partial charge in [-0.3, -0.25) is 4.99 Å². The second-order valence-electron chi connectivity index (χ2n) is 5.98. The van der Waals surface area contributed by atoms with Gasteiger partial charge in [0.25, 0.3) is 0 Å². The molecule has 0 fully saturated rings. The summed E-state index contributed by atoms with van der Waals surface area (Å²) in [5, 5.41) is 0. The first-order valence-electron chi connectivity index (χ1n) is 8.10. The van der Waals surface area contributed by atoms with Crippen molar-refractivity contribution in [2.75, 3.05) is 7.05 Å². The van der Waals surface area contributed by atoms with Crippen LogP contribution < -0.4 is 0 Å². The van der Waals surface area contributed by atoms with Gasteiger partial charge in [0.15, 0.2) is 0 Å². The van der Waals surface area contributed by atoms with Crippen LogP contribution in [-0.2, 0) is 0 Å². The van der Waals surface area contributed by atoms with E-state index < -0.39 is 0 Å². The van der Waals surface area contributed by atoms with E-state index in [1.807, 2.05) is 19.1 Å². The Morgan fingerprint density at radius 2 is 1.83 bits per heavy atom. The zero-order valence-corrected chi connectivity index (χ0v) is 15.8. The van der Waals surface area contributed by atoms with E-state index in [2.05, 4.69) is 82.0 Å². The largest absolute Gasteiger partial charge is 0.293 e. The number of hydrogen-bond donors (Lipinski definition) is 0. The number of hydrogen-bond acceptors (Lipinski definition) is 1. The maximum absolute atomic E-state index is 4.18. The highest BCUT2D eigenvalue weighted by atomic mass is 14.7. The maximum Gasteiger partial charge on any atom is 0.0313 e. The Hall–Kier alpha value is -2.07. The Morgan fingerprint density at radius 3 is 2.30 bits per heavy atom. The first-order valence-corrected chi connectivity index (χ1v) is 8.10. The highest BCUT2D eigenvalue weighted by molar-refractivity contribution is 5.93. The topological polar surface area (TPSA) is 12.4 Å². The van der Waals surface area contributed by atoms with E-state index >= 15 is 0 Å². The second-order valence-corrected chi connectivity index (χ2v) is 5.98. The first kappa shape index (κ1) is 20.9. The number of rotatable bonds is 7. The van der Waals surface area contributed by atoms with Gasteiger partial charge in [0.05, 0.1) is 0 Å². The Kier molecular flexibility index (Phi) is 9.67. The zero-order valence-electron chi connectivity index (χ0n) is 15.8. The molecule has 0 saturated heterocycles. The van der Waals surface area contributed by atoms with Gasteiger partial charge in [-0.15, -0.1) is 11.5 Å². The van der Waals surface area contributed by atoms with Crippen LogP contribution in [0.2, 0.25) is 0 Å². The summed E-state index contributed by atoms with van der Waals surface area (Å²) >= 11 is 0. The fourth-order valence-corrected chi connectivity index (χ4v) is 2.00. The molecule has 1 heteroatoms. The average Bonchev–Trinajstić information content (AvgIpc) is 2.54. The molecule has 0 heterocycles. The third kappa shape index (κ3) is 7.15. The van der Waals surface area contributed by atoms with Crippen molar-refractivity contribution in [3.63, 3.8) is 0 Å². The zero-order chi connectivity index (χ0) is 17.9. The van der Waals surface area contributed by atoms with Crippen LogP contribution in [0.25, 0.3) is 0 Å². The van der Waals surface area contributed by atoms with Gasteiger partial charge in [0.1, 0.15) is 0 Å². The molecule has 124 valence electrons. The minimum Gasteiger partial charge on any atom is -0.293 e. The van der Waals surface area contributed by atoms with E-state index in [0.717, 1.165) is 12.1 Å². The predicted octanol–water partition coefficient (Wildman–Crippen LogP) is 6.38. The van der Waals surface area contributed by atoms with E-state index in [1.165, 1.54) is 16.7 Å². The first-order chi connectivity index (χ1) is 10.8. The van der Waals surface area contributed by atoms with Crippen molar-refractivity contribution in [2.24, 2.45) is 10.4 Å². The van der Waals surface area contributed by atoms with E-state index in [0.29, 0.717) is 0 Å². The molecular weight excluding hydrogens is 278 g/mol. The van der Waals surface area contributed by atoms with Gasteiger partial charge in [0.2, 0.25) is 0 Å². The summed E-state index contributed by atoms with van der Waals surface area (Å²) in [6, 6.07) is 0. The van der Waals surface area contributed by atoms with Crippen molar-refractivity contribution in [1.82, 2.24) is 0 Å². The molecule has 0 aliphatic heterocycles. The van der Waals surface area contributed by atoms with E-state index in [-0.39, 0.29) is 5.41 Å². The van der Waals surface area contributed by atoms with Gasteiger partial charge < -0.3 is 0 Å². The van der Waals surface area contributed by atoms with Crippen molar-refractivity contribution >= 4 is 5.71 Å². The molecule has 23 heavy (non-hydrogen) atoms. The van der Waals surface area contributed by atoms with Crippen LogP contribution >= 0.6 is 0 Å². The lowest BCUT2D eigenvalue weighted by Crippen LogP contribution is -2.16. The molecule has 1 nitrogen and oxygen atoms in total. The standard InChI is InChI=1S/C22H31N/c1-9-12-13-21(17-15-19(5)23-8)22(6,7)20(11-3)16-14-18(4)10-2/h11-13,15-17H,1,10H2,2-8H3/b17-15-,20-11+,21-13+,23-19?. The van der Waals surface area contributed by atoms with Crippen LogP contribution in [0.5, 0.6) is 0 Å². The smallest absolute Gasteiger partial charge is 0.0313 e. The lowest BCUT2D eigenvalue weighted by molar-refractivity contribution is 0.565. The monoisotopic (exact) mass is 309 g/mol. The third-order valence-corrected chi connectivity index (χ3v) is 4.00. The number of allylic oxidation sites excluding steroid dienone is 8. The quantitative estimate of drug-likeness (QED) is 0.294. The Bertz CT molecular complexity index is 621. The lowest BCUT2D eigenvalue weighted by Gasteiger charge is -2.27. The van der Waals surface area contributed by atoms with Gasteiger partial charge in [-0.05, 0) is 62.1 Å². The van der Waals surface area contributed by atoms with Crippen LogP contribution in [0.15, 0.2) is 76.2 Å². The molecule has 0 atom stereocenters. The Balaban J connectivity index is 5.96. The van der Waals surface area contributed by atoms with Gasteiger partial charge in [-0.2, -0.15) is 0 Å². The summed E-state index contributed by atoms with van der Waals surface area (Å²) in [5.74, 6) is 0. The average molecular weight is 309 g/mol. The molecule has 0 aromatic rings. The third-order valence-electron chi connectivity index (χ3n) is 4.00. The maximum atomic E-state index is 4.18. The van der Waals surface area contributed by atoms with Crippen molar-refractivity contribution < 1.29 is 0 Å². The van der Waals surface area contributed by atoms with Gasteiger partial charge in [-0.25, -0.2) is 0 Å². The normalized spacial score (nSPS) is 13.6. The molecule has 0 aliphatic rings. The Labute approximate surface area is 142 Å². The van der Waals surface area contributed by atoms with Crippen molar-refractivity contribution in [3.8, 4) is 0 Å². The van der Waals surface area contributed by atoms with Crippen LogP contribution in [0.3, 0.4) is 0 Å². The van der Waals surface area contributed by atoms with E-state index in [9.17, 15) is 0 Å². The summed E-state index contributed by atoms with van der Waals surface area (Å²) in [7, 11) is 1.80. The van der Waals surface area contributed by atoms with Crippen LogP contribution in [0, 0.1) is 5.41 Å². The van der Waals surface area contributed by atoms with Crippen LogP contribution in [0.1, 0.15) is 48.0 Å². The van der Waals surface area contributed by atoms with E-state index in [1.54, 1.807) is 7.05 Å². The van der Waals surface area contributed by atoms with Gasteiger partial charge >= 0.3 is 0 Å². The molecule has 0 saturated carbocycles. The fraction of sp³-hybridized carbons (Fsp3) is 0.409. The summed E-state index contributed by atoms with van der Waals surface area (Å²) in [4.78, 5) is 4.18. The van der Waals surface area contributed by atoms with Crippen LogP contribution in [0.4, 0.5) is 0 Å². The highest BCUT2D eigenvalue weighted by Gasteiger charge is 2.24. The molecule has 0 spiro atoms. The summed E-state index contributed by atoms with van der Waals surface area (Å²) in [6.07, 6.45) is 13.3. The molecule has 0 unspecified atom stereocenters. The fourth-order valence-electron chi connectivity index (χ4n) is 2.00. The molecule has 0 bridgehead atoms. The van der Waals surface area contributed by atoms with Crippen molar-refractivity contribution in [1.29, 1.82) is 0 Å². The highest BCUT2D eigenvalue weighted by Crippen LogP contribution is 2.36. The van der Waals surface area contributed by atoms with Crippen molar-refractivity contribution in [3.05, 3.63) is 71.2 Å². The second kappa shape index (κ2) is 10.6. The summed E-state index contributed by atoms with van der Waals surface area (Å²) in [5.41, 5.74) is 10.7. The number of nitrogens with zero attached hydrogens (tertiary/aromatic N) is 1. The molecule has 0 aromatic heterocycles. The molecular formula is C22H31N.